The Labute approximate surface area is 126 Å². The second-order valence-electron chi connectivity index (χ2n) is 6.83. The van der Waals surface area contributed by atoms with Gasteiger partial charge < -0.3 is 0 Å². The van der Waals surface area contributed by atoms with Gasteiger partial charge in [0.15, 0.2) is 5.78 Å². The maximum atomic E-state index is 12.7. The molecule has 2 heteroatoms. The quantitative estimate of drug-likeness (QED) is 0.767. The molecule has 1 aromatic carbocycles. The number of carbonyl (C=O) groups is 1. The highest BCUT2D eigenvalue weighted by molar-refractivity contribution is 6.01. The van der Waals surface area contributed by atoms with Crippen LogP contribution in [-0.2, 0) is 11.8 Å². The highest BCUT2D eigenvalue weighted by Crippen LogP contribution is 2.34. The zero-order chi connectivity index (χ0) is 15.0. The van der Waals surface area contributed by atoms with E-state index in [0.29, 0.717) is 0 Å². The lowest BCUT2D eigenvalue weighted by Crippen LogP contribution is -2.14. The minimum atomic E-state index is -0.0679. The molecule has 1 aliphatic carbocycles. The van der Waals surface area contributed by atoms with E-state index in [1.54, 1.807) is 6.20 Å². The second-order valence-corrected chi connectivity index (χ2v) is 6.83. The van der Waals surface area contributed by atoms with Crippen LogP contribution in [0.5, 0.6) is 0 Å². The SMILES string of the molecule is CC(C)(C)c1ccc(C(=O)C2CCc3cccnc32)cc1. The van der Waals surface area contributed by atoms with Crippen molar-refractivity contribution in [2.24, 2.45) is 0 Å². The van der Waals surface area contributed by atoms with E-state index in [9.17, 15) is 4.79 Å². The summed E-state index contributed by atoms with van der Waals surface area (Å²) in [7, 11) is 0. The molecule has 1 atom stereocenters. The summed E-state index contributed by atoms with van der Waals surface area (Å²) < 4.78 is 0. The number of rotatable bonds is 2. The third-order valence-corrected chi connectivity index (χ3v) is 4.31. The van der Waals surface area contributed by atoms with E-state index in [0.717, 1.165) is 24.1 Å². The van der Waals surface area contributed by atoms with Crippen molar-refractivity contribution in [2.45, 2.75) is 44.9 Å². The van der Waals surface area contributed by atoms with Crippen molar-refractivity contribution in [3.05, 3.63) is 65.0 Å². The molecule has 1 aromatic heterocycles. The Balaban J connectivity index is 1.87. The smallest absolute Gasteiger partial charge is 0.171 e. The van der Waals surface area contributed by atoms with E-state index in [1.165, 1.54) is 11.1 Å². The van der Waals surface area contributed by atoms with Crippen LogP contribution >= 0.6 is 0 Å². The minimum Gasteiger partial charge on any atom is -0.293 e. The van der Waals surface area contributed by atoms with Crippen molar-refractivity contribution in [3.63, 3.8) is 0 Å². The van der Waals surface area contributed by atoms with E-state index in [2.05, 4.69) is 44.0 Å². The lowest BCUT2D eigenvalue weighted by molar-refractivity contribution is 0.0958. The Bertz CT molecular complexity index is 665. The molecule has 0 spiro atoms. The van der Waals surface area contributed by atoms with Crippen LogP contribution in [0.15, 0.2) is 42.6 Å². The number of hydrogen-bond donors (Lipinski definition) is 0. The molecule has 1 aliphatic rings. The van der Waals surface area contributed by atoms with Gasteiger partial charge in [0.1, 0.15) is 0 Å². The third kappa shape index (κ3) is 2.63. The van der Waals surface area contributed by atoms with Crippen molar-refractivity contribution in [1.29, 1.82) is 0 Å². The summed E-state index contributed by atoms with van der Waals surface area (Å²) in [5.41, 5.74) is 4.36. The number of Topliss-reactive ketones (excluding diaryl/α,β-unsaturated/α-hetero) is 1. The number of nitrogens with zero attached hydrogens (tertiary/aromatic N) is 1. The number of carbonyl (C=O) groups excluding carboxylic acids is 1. The van der Waals surface area contributed by atoms with Crippen LogP contribution in [0.1, 0.15) is 60.3 Å². The first-order valence-electron chi connectivity index (χ1n) is 7.55. The molecule has 2 aromatic rings. The van der Waals surface area contributed by atoms with Crippen molar-refractivity contribution >= 4 is 5.78 Å². The predicted octanol–water partition coefficient (Wildman–Crippen LogP) is 4.29. The first-order chi connectivity index (χ1) is 9.97. The molecule has 0 fully saturated rings. The average Bonchev–Trinajstić information content (AvgIpc) is 2.90. The van der Waals surface area contributed by atoms with Gasteiger partial charge in [-0.15, -0.1) is 0 Å². The molecule has 0 saturated heterocycles. The molecular formula is C19H21NO. The summed E-state index contributed by atoms with van der Waals surface area (Å²) in [5, 5.41) is 0. The lowest BCUT2D eigenvalue weighted by atomic mass is 9.85. The summed E-state index contributed by atoms with van der Waals surface area (Å²) in [4.78, 5) is 17.2. The van der Waals surface area contributed by atoms with Crippen LogP contribution < -0.4 is 0 Å². The number of ketones is 1. The normalized spacial score (nSPS) is 17.6. The van der Waals surface area contributed by atoms with E-state index in [-0.39, 0.29) is 17.1 Å². The van der Waals surface area contributed by atoms with Gasteiger partial charge in [0.25, 0.3) is 0 Å². The monoisotopic (exact) mass is 279 g/mol. The molecule has 0 radical (unpaired) electrons. The topological polar surface area (TPSA) is 30.0 Å². The summed E-state index contributed by atoms with van der Waals surface area (Å²) >= 11 is 0. The summed E-state index contributed by atoms with van der Waals surface area (Å²) in [6.07, 6.45) is 3.62. The molecular weight excluding hydrogens is 258 g/mol. The molecule has 0 bridgehead atoms. The van der Waals surface area contributed by atoms with Gasteiger partial charge in [-0.25, -0.2) is 0 Å². The van der Waals surface area contributed by atoms with Crippen LogP contribution in [0.4, 0.5) is 0 Å². The summed E-state index contributed by atoms with van der Waals surface area (Å²) in [5.74, 6) is 0.134. The van der Waals surface area contributed by atoms with Crippen LogP contribution in [0.25, 0.3) is 0 Å². The number of aromatic nitrogens is 1. The molecule has 0 N–H and O–H groups in total. The van der Waals surface area contributed by atoms with E-state index >= 15 is 0 Å². The van der Waals surface area contributed by atoms with Crippen LogP contribution in [-0.4, -0.2) is 10.8 Å². The highest BCUT2D eigenvalue weighted by Gasteiger charge is 2.30. The fourth-order valence-electron chi connectivity index (χ4n) is 3.00. The van der Waals surface area contributed by atoms with Gasteiger partial charge in [-0.1, -0.05) is 51.1 Å². The van der Waals surface area contributed by atoms with E-state index in [4.69, 9.17) is 0 Å². The van der Waals surface area contributed by atoms with Gasteiger partial charge in [-0.05, 0) is 35.4 Å². The van der Waals surface area contributed by atoms with Crippen LogP contribution in [0, 0.1) is 0 Å². The van der Waals surface area contributed by atoms with Crippen molar-refractivity contribution in [1.82, 2.24) is 4.98 Å². The molecule has 1 heterocycles. The Kier molecular flexibility index (Phi) is 3.40. The van der Waals surface area contributed by atoms with Gasteiger partial charge in [0.05, 0.1) is 11.6 Å². The van der Waals surface area contributed by atoms with E-state index < -0.39 is 0 Å². The number of benzene rings is 1. The Morgan fingerprint density at radius 2 is 1.86 bits per heavy atom. The van der Waals surface area contributed by atoms with Crippen LogP contribution in [0.3, 0.4) is 0 Å². The number of fused-ring (bicyclic) bond motifs is 1. The minimum absolute atomic E-state index is 0.0679. The van der Waals surface area contributed by atoms with Gasteiger partial charge >= 0.3 is 0 Å². The fourth-order valence-corrected chi connectivity index (χ4v) is 3.00. The Morgan fingerprint density at radius 3 is 2.52 bits per heavy atom. The van der Waals surface area contributed by atoms with E-state index in [1.807, 2.05) is 18.2 Å². The summed E-state index contributed by atoms with van der Waals surface area (Å²) in [6, 6.07) is 12.1. The molecule has 0 saturated carbocycles. The molecule has 2 nitrogen and oxygen atoms in total. The lowest BCUT2D eigenvalue weighted by Gasteiger charge is -2.19. The second kappa shape index (κ2) is 5.10. The standard InChI is InChI=1S/C19H21NO/c1-19(2,3)15-9-6-14(7-10-15)18(21)16-11-8-13-5-4-12-20-17(13)16/h4-7,9-10,12,16H,8,11H2,1-3H3. The third-order valence-electron chi connectivity index (χ3n) is 4.31. The summed E-state index contributed by atoms with van der Waals surface area (Å²) in [6.45, 7) is 6.54. The number of aryl methyl sites for hydroxylation is 1. The molecule has 0 aliphatic heterocycles. The van der Waals surface area contributed by atoms with Gasteiger partial charge in [-0.2, -0.15) is 0 Å². The van der Waals surface area contributed by atoms with Gasteiger partial charge in [-0.3, -0.25) is 9.78 Å². The van der Waals surface area contributed by atoms with Crippen molar-refractivity contribution in [3.8, 4) is 0 Å². The largest absolute Gasteiger partial charge is 0.293 e. The fraction of sp³-hybridized carbons (Fsp3) is 0.368. The zero-order valence-corrected chi connectivity index (χ0v) is 12.9. The van der Waals surface area contributed by atoms with Gasteiger partial charge in [0.2, 0.25) is 0 Å². The van der Waals surface area contributed by atoms with Crippen LogP contribution in [0.2, 0.25) is 0 Å². The number of pyridine rings is 1. The number of hydrogen-bond acceptors (Lipinski definition) is 2. The Morgan fingerprint density at radius 1 is 1.14 bits per heavy atom. The Hall–Kier alpha value is -1.96. The highest BCUT2D eigenvalue weighted by atomic mass is 16.1. The molecule has 1 unspecified atom stereocenters. The maximum Gasteiger partial charge on any atom is 0.171 e. The first-order valence-corrected chi connectivity index (χ1v) is 7.55. The molecule has 21 heavy (non-hydrogen) atoms. The van der Waals surface area contributed by atoms with Crippen molar-refractivity contribution in [2.75, 3.05) is 0 Å². The molecule has 3 rings (SSSR count). The van der Waals surface area contributed by atoms with Crippen molar-refractivity contribution < 1.29 is 4.79 Å². The molecule has 108 valence electrons. The molecule has 0 amide bonds. The first kappa shape index (κ1) is 14.0. The van der Waals surface area contributed by atoms with Gasteiger partial charge in [0, 0.05) is 11.8 Å². The maximum absolute atomic E-state index is 12.7. The average molecular weight is 279 g/mol. The predicted molar refractivity (Wildman–Crippen MR) is 84.8 cm³/mol. The zero-order valence-electron chi connectivity index (χ0n) is 12.9.